The molecule has 154 valence electrons. The molecular formula is C22H29FN6. The molecule has 0 atom stereocenters. The minimum Gasteiger partial charge on any atom is -0.354 e. The highest BCUT2D eigenvalue weighted by Gasteiger charge is 2.21. The van der Waals surface area contributed by atoms with Gasteiger partial charge in [-0.25, -0.2) is 9.37 Å². The molecule has 0 radical (unpaired) electrons. The molecule has 3 aromatic rings. The van der Waals surface area contributed by atoms with Crippen molar-refractivity contribution in [2.45, 2.75) is 13.8 Å². The van der Waals surface area contributed by atoms with Crippen molar-refractivity contribution in [1.82, 2.24) is 24.4 Å². The van der Waals surface area contributed by atoms with E-state index in [1.807, 2.05) is 16.6 Å². The fourth-order valence-electron chi connectivity index (χ4n) is 4.01. The number of aromatic nitrogens is 3. The molecule has 6 nitrogen and oxygen atoms in total. The first kappa shape index (κ1) is 19.8. The first-order valence-corrected chi connectivity index (χ1v) is 10.5. The van der Waals surface area contributed by atoms with Crippen molar-refractivity contribution in [3.63, 3.8) is 0 Å². The van der Waals surface area contributed by atoms with Crippen LogP contribution >= 0.6 is 0 Å². The van der Waals surface area contributed by atoms with Crippen LogP contribution in [0.3, 0.4) is 0 Å². The van der Waals surface area contributed by atoms with Crippen LogP contribution in [0.4, 0.5) is 10.2 Å². The van der Waals surface area contributed by atoms with Crippen LogP contribution in [0.2, 0.25) is 0 Å². The molecule has 4 rings (SSSR count). The average molecular weight is 397 g/mol. The molecule has 0 spiro atoms. The van der Waals surface area contributed by atoms with Crippen LogP contribution in [0.1, 0.15) is 13.8 Å². The van der Waals surface area contributed by atoms with Crippen LogP contribution in [0, 0.1) is 5.82 Å². The second kappa shape index (κ2) is 8.88. The molecule has 0 amide bonds. The summed E-state index contributed by atoms with van der Waals surface area (Å²) in [6.07, 6.45) is 3.51. The average Bonchev–Trinajstić information content (AvgIpc) is 3.19. The molecule has 0 unspecified atom stereocenters. The molecule has 0 aliphatic carbocycles. The van der Waals surface area contributed by atoms with Gasteiger partial charge in [-0.05, 0) is 25.2 Å². The third-order valence-electron chi connectivity index (χ3n) is 5.87. The lowest BCUT2D eigenvalue weighted by Gasteiger charge is -2.36. The minimum atomic E-state index is -0.253. The van der Waals surface area contributed by atoms with Crippen LogP contribution < -0.4 is 4.90 Å². The molecule has 1 aliphatic rings. The summed E-state index contributed by atoms with van der Waals surface area (Å²) in [5.41, 5.74) is 1.95. The molecule has 0 N–H and O–H groups in total. The minimum absolute atomic E-state index is 0.253. The van der Waals surface area contributed by atoms with E-state index in [0.717, 1.165) is 63.7 Å². The highest BCUT2D eigenvalue weighted by atomic mass is 19.1. The number of halogens is 1. The number of benzene rings is 1. The Hall–Kier alpha value is -2.51. The van der Waals surface area contributed by atoms with E-state index in [1.165, 1.54) is 6.07 Å². The zero-order valence-electron chi connectivity index (χ0n) is 17.3. The van der Waals surface area contributed by atoms with E-state index in [0.29, 0.717) is 11.2 Å². The van der Waals surface area contributed by atoms with Crippen molar-refractivity contribution in [2.24, 2.45) is 0 Å². The molecule has 1 saturated heterocycles. The van der Waals surface area contributed by atoms with Crippen molar-refractivity contribution in [1.29, 1.82) is 0 Å². The Bertz CT molecular complexity index is 943. The molecule has 0 saturated carbocycles. The van der Waals surface area contributed by atoms with Crippen molar-refractivity contribution >= 4 is 11.5 Å². The number of rotatable bonds is 7. The Kier molecular flexibility index (Phi) is 6.06. The summed E-state index contributed by atoms with van der Waals surface area (Å²) < 4.78 is 16.1. The first-order chi connectivity index (χ1) is 14.2. The molecule has 7 heteroatoms. The third-order valence-corrected chi connectivity index (χ3v) is 5.87. The summed E-state index contributed by atoms with van der Waals surface area (Å²) in [7, 11) is 0. The summed E-state index contributed by atoms with van der Waals surface area (Å²) in [5.74, 6) is 0.761. The number of hydrogen-bond donors (Lipinski definition) is 0. The van der Waals surface area contributed by atoms with E-state index < -0.39 is 0 Å². The monoisotopic (exact) mass is 396 g/mol. The standard InChI is InChI=1S/C22H29FN6/c1-3-26(4-2)11-12-27-13-15-28(16-14-27)21-9-10-24-22-19(17-25-29(21)22)18-7-5-6-8-20(18)23/h5-10,17H,3-4,11-16H2,1-2H3. The predicted molar refractivity (Wildman–Crippen MR) is 115 cm³/mol. The zero-order chi connectivity index (χ0) is 20.2. The van der Waals surface area contributed by atoms with E-state index in [1.54, 1.807) is 24.5 Å². The SMILES string of the molecule is CCN(CC)CCN1CCN(c2ccnc3c(-c4ccccc4F)cnn23)CC1. The molecule has 1 aliphatic heterocycles. The van der Waals surface area contributed by atoms with E-state index in [2.05, 4.69) is 38.6 Å². The molecule has 2 aromatic heterocycles. The Labute approximate surface area is 171 Å². The quantitative estimate of drug-likeness (QED) is 0.614. The lowest BCUT2D eigenvalue weighted by Crippen LogP contribution is -2.49. The second-order valence-corrected chi connectivity index (χ2v) is 7.43. The smallest absolute Gasteiger partial charge is 0.165 e. The van der Waals surface area contributed by atoms with E-state index >= 15 is 0 Å². The number of fused-ring (bicyclic) bond motifs is 1. The Balaban J connectivity index is 1.49. The van der Waals surface area contributed by atoms with Gasteiger partial charge in [-0.3, -0.25) is 4.90 Å². The van der Waals surface area contributed by atoms with Crippen LogP contribution in [-0.2, 0) is 0 Å². The van der Waals surface area contributed by atoms with Gasteiger partial charge in [0.05, 0.1) is 6.20 Å². The summed E-state index contributed by atoms with van der Waals surface area (Å²) in [4.78, 5) is 11.8. The van der Waals surface area contributed by atoms with Gasteiger partial charge >= 0.3 is 0 Å². The lowest BCUT2D eigenvalue weighted by atomic mass is 10.1. The van der Waals surface area contributed by atoms with Gasteiger partial charge in [0.15, 0.2) is 5.65 Å². The molecule has 0 bridgehead atoms. The van der Waals surface area contributed by atoms with Gasteiger partial charge in [-0.1, -0.05) is 32.0 Å². The Morgan fingerprint density at radius 3 is 2.48 bits per heavy atom. The third kappa shape index (κ3) is 4.11. The van der Waals surface area contributed by atoms with Gasteiger partial charge in [0.2, 0.25) is 0 Å². The lowest BCUT2D eigenvalue weighted by molar-refractivity contribution is 0.205. The highest BCUT2D eigenvalue weighted by molar-refractivity contribution is 5.78. The van der Waals surface area contributed by atoms with Crippen LogP contribution in [0.5, 0.6) is 0 Å². The van der Waals surface area contributed by atoms with Crippen molar-refractivity contribution < 1.29 is 4.39 Å². The van der Waals surface area contributed by atoms with Gasteiger partial charge in [-0.2, -0.15) is 9.61 Å². The van der Waals surface area contributed by atoms with Gasteiger partial charge in [0.1, 0.15) is 11.6 Å². The summed E-state index contributed by atoms with van der Waals surface area (Å²) in [6.45, 7) is 12.9. The topological polar surface area (TPSA) is 39.9 Å². The van der Waals surface area contributed by atoms with Gasteiger partial charge < -0.3 is 9.80 Å². The normalized spacial score (nSPS) is 15.5. The van der Waals surface area contributed by atoms with E-state index in [9.17, 15) is 4.39 Å². The summed E-state index contributed by atoms with van der Waals surface area (Å²) in [6, 6.07) is 8.78. The fourth-order valence-corrected chi connectivity index (χ4v) is 4.01. The molecule has 1 fully saturated rings. The van der Waals surface area contributed by atoms with E-state index in [-0.39, 0.29) is 5.82 Å². The molecule has 3 heterocycles. The van der Waals surface area contributed by atoms with Crippen molar-refractivity contribution in [2.75, 3.05) is 57.3 Å². The number of anilines is 1. The maximum Gasteiger partial charge on any atom is 0.165 e. The number of likely N-dealkylation sites (N-methyl/N-ethyl adjacent to an activating group) is 1. The van der Waals surface area contributed by atoms with Crippen LogP contribution in [0.25, 0.3) is 16.8 Å². The molecule has 29 heavy (non-hydrogen) atoms. The van der Waals surface area contributed by atoms with Gasteiger partial charge in [-0.15, -0.1) is 0 Å². The first-order valence-electron chi connectivity index (χ1n) is 10.5. The maximum atomic E-state index is 14.3. The predicted octanol–water partition coefficient (Wildman–Crippen LogP) is 3.00. The van der Waals surface area contributed by atoms with Crippen LogP contribution in [0.15, 0.2) is 42.7 Å². The number of hydrogen-bond acceptors (Lipinski definition) is 5. The fraction of sp³-hybridized carbons (Fsp3) is 0.455. The summed E-state index contributed by atoms with van der Waals surface area (Å²) >= 11 is 0. The molecular weight excluding hydrogens is 367 g/mol. The van der Waals surface area contributed by atoms with Crippen molar-refractivity contribution in [3.8, 4) is 11.1 Å². The largest absolute Gasteiger partial charge is 0.354 e. The molecule has 1 aromatic carbocycles. The summed E-state index contributed by atoms with van der Waals surface area (Å²) in [5, 5.41) is 4.54. The van der Waals surface area contributed by atoms with Crippen LogP contribution in [-0.4, -0.2) is 76.8 Å². The Morgan fingerprint density at radius 1 is 1.00 bits per heavy atom. The number of nitrogens with zero attached hydrogens (tertiary/aromatic N) is 6. The Morgan fingerprint density at radius 2 is 1.76 bits per heavy atom. The maximum absolute atomic E-state index is 14.3. The van der Waals surface area contributed by atoms with Gasteiger partial charge in [0, 0.05) is 56.6 Å². The number of piperazine rings is 1. The van der Waals surface area contributed by atoms with Gasteiger partial charge in [0.25, 0.3) is 0 Å². The van der Waals surface area contributed by atoms with Crippen molar-refractivity contribution in [3.05, 3.63) is 48.5 Å². The highest BCUT2D eigenvalue weighted by Crippen LogP contribution is 2.28. The van der Waals surface area contributed by atoms with E-state index in [4.69, 9.17) is 0 Å². The zero-order valence-corrected chi connectivity index (χ0v) is 17.3. The second-order valence-electron chi connectivity index (χ2n) is 7.43.